The fourth-order valence-corrected chi connectivity index (χ4v) is 4.52. The number of aliphatic carboxylic acids is 2. The Bertz CT molecular complexity index is 440. The molecule has 1 aliphatic carbocycles. The summed E-state index contributed by atoms with van der Waals surface area (Å²) >= 11 is 0. The topological polar surface area (TPSA) is 109 Å². The number of hydrogen-bond donors (Lipinski definition) is 2. The summed E-state index contributed by atoms with van der Waals surface area (Å²) in [5.74, 6) is -4.45. The number of rotatable bonds is 4. The Balaban J connectivity index is 3.29. The molecule has 0 aromatic carbocycles. The van der Waals surface area contributed by atoms with E-state index < -0.39 is 38.4 Å². The number of carboxylic acid groups (broad SMARTS) is 2. The van der Waals surface area contributed by atoms with Crippen LogP contribution in [-0.4, -0.2) is 41.1 Å². The summed E-state index contributed by atoms with van der Waals surface area (Å²) < 4.78 is 22.0. The second-order valence-electron chi connectivity index (χ2n) is 4.47. The summed E-state index contributed by atoms with van der Waals surface area (Å²) in [6.07, 6.45) is -0.254. The molecular formula is C10H16O6S. The molecule has 0 unspecified atom stereocenters. The van der Waals surface area contributed by atoms with E-state index in [0.717, 1.165) is 0 Å². The Hall–Kier alpha value is -1.11. The lowest BCUT2D eigenvalue weighted by atomic mass is 9.97. The normalized spacial score (nSPS) is 33.5. The molecule has 0 bridgehead atoms. The standard InChI is InChI=1S/C10H16O6S/c1-3-17(15,16)10(9(13)14)5-7(8(11)12)4-6(10)2/h6-7H,3-5H2,1-2H3,(H,11,12)(H,13,14)/t6-,7-,10-/m0/s1. The first-order valence-electron chi connectivity index (χ1n) is 5.37. The lowest BCUT2D eigenvalue weighted by Gasteiger charge is -2.28. The van der Waals surface area contributed by atoms with Crippen LogP contribution in [0.1, 0.15) is 26.7 Å². The maximum atomic E-state index is 12.0. The molecule has 7 heteroatoms. The zero-order valence-electron chi connectivity index (χ0n) is 9.71. The first-order valence-corrected chi connectivity index (χ1v) is 7.02. The van der Waals surface area contributed by atoms with Crippen LogP contribution in [0.25, 0.3) is 0 Å². The van der Waals surface area contributed by atoms with Gasteiger partial charge >= 0.3 is 11.9 Å². The molecule has 1 rings (SSSR count). The number of hydrogen-bond acceptors (Lipinski definition) is 4. The van der Waals surface area contributed by atoms with Gasteiger partial charge in [0.25, 0.3) is 0 Å². The van der Waals surface area contributed by atoms with Gasteiger partial charge in [-0.05, 0) is 18.8 Å². The van der Waals surface area contributed by atoms with Gasteiger partial charge < -0.3 is 10.2 Å². The molecule has 3 atom stereocenters. The van der Waals surface area contributed by atoms with Crippen molar-refractivity contribution in [3.8, 4) is 0 Å². The smallest absolute Gasteiger partial charge is 0.325 e. The third-order valence-electron chi connectivity index (χ3n) is 3.63. The lowest BCUT2D eigenvalue weighted by Crippen LogP contribution is -2.49. The zero-order valence-corrected chi connectivity index (χ0v) is 10.5. The summed E-state index contributed by atoms with van der Waals surface area (Å²) in [5, 5.41) is 18.1. The van der Waals surface area contributed by atoms with Crippen LogP contribution in [0.15, 0.2) is 0 Å². The van der Waals surface area contributed by atoms with E-state index in [1.165, 1.54) is 13.8 Å². The van der Waals surface area contributed by atoms with Crippen LogP contribution in [0.2, 0.25) is 0 Å². The quantitative estimate of drug-likeness (QED) is 0.759. The van der Waals surface area contributed by atoms with Crippen molar-refractivity contribution in [1.29, 1.82) is 0 Å². The summed E-state index contributed by atoms with van der Waals surface area (Å²) in [6.45, 7) is 2.87. The molecule has 0 aromatic rings. The summed E-state index contributed by atoms with van der Waals surface area (Å²) in [5.41, 5.74) is 0. The highest BCUT2D eigenvalue weighted by Crippen LogP contribution is 2.45. The molecule has 0 saturated heterocycles. The Kier molecular flexibility index (Phi) is 3.52. The van der Waals surface area contributed by atoms with Crippen molar-refractivity contribution >= 4 is 21.8 Å². The minimum atomic E-state index is -3.84. The highest BCUT2D eigenvalue weighted by molar-refractivity contribution is 7.93. The minimum Gasteiger partial charge on any atom is -0.481 e. The van der Waals surface area contributed by atoms with Crippen molar-refractivity contribution in [2.45, 2.75) is 31.4 Å². The van der Waals surface area contributed by atoms with Gasteiger partial charge in [-0.3, -0.25) is 9.59 Å². The third kappa shape index (κ3) is 1.92. The molecule has 1 saturated carbocycles. The van der Waals surface area contributed by atoms with Crippen LogP contribution in [0, 0.1) is 11.8 Å². The van der Waals surface area contributed by atoms with E-state index >= 15 is 0 Å². The Morgan fingerprint density at radius 2 is 1.88 bits per heavy atom. The van der Waals surface area contributed by atoms with Gasteiger partial charge in [-0.1, -0.05) is 13.8 Å². The molecule has 0 aliphatic heterocycles. The third-order valence-corrected chi connectivity index (χ3v) is 6.24. The van der Waals surface area contributed by atoms with Crippen LogP contribution in [0.3, 0.4) is 0 Å². The Morgan fingerprint density at radius 1 is 1.35 bits per heavy atom. The van der Waals surface area contributed by atoms with Crippen molar-refractivity contribution < 1.29 is 28.2 Å². The maximum absolute atomic E-state index is 12.0. The fraction of sp³-hybridized carbons (Fsp3) is 0.800. The van der Waals surface area contributed by atoms with Crippen LogP contribution >= 0.6 is 0 Å². The summed E-state index contributed by atoms with van der Waals surface area (Å²) in [6, 6.07) is 0. The van der Waals surface area contributed by atoms with Crippen molar-refractivity contribution in [1.82, 2.24) is 0 Å². The molecule has 6 nitrogen and oxygen atoms in total. The summed E-state index contributed by atoms with van der Waals surface area (Å²) in [4.78, 5) is 22.2. The minimum absolute atomic E-state index is 0.0842. The van der Waals surface area contributed by atoms with Crippen molar-refractivity contribution in [3.05, 3.63) is 0 Å². The highest BCUT2D eigenvalue weighted by Gasteiger charge is 2.60. The van der Waals surface area contributed by atoms with Crippen molar-refractivity contribution in [3.63, 3.8) is 0 Å². The van der Waals surface area contributed by atoms with Gasteiger partial charge in [0.2, 0.25) is 0 Å². The second kappa shape index (κ2) is 4.29. The van der Waals surface area contributed by atoms with E-state index in [0.29, 0.717) is 0 Å². The Labute approximate surface area is 99.6 Å². The largest absolute Gasteiger partial charge is 0.481 e. The van der Waals surface area contributed by atoms with Gasteiger partial charge in [0.1, 0.15) is 0 Å². The number of carboxylic acids is 2. The fourth-order valence-electron chi connectivity index (χ4n) is 2.58. The highest BCUT2D eigenvalue weighted by atomic mass is 32.2. The van der Waals surface area contributed by atoms with E-state index in [4.69, 9.17) is 5.11 Å². The predicted octanol–water partition coefficient (Wildman–Crippen LogP) is 0.375. The summed E-state index contributed by atoms with van der Waals surface area (Å²) in [7, 11) is -3.84. The van der Waals surface area contributed by atoms with Crippen LogP contribution < -0.4 is 0 Å². The number of sulfone groups is 1. The van der Waals surface area contributed by atoms with E-state index in [1.807, 2.05) is 0 Å². The molecule has 0 aromatic heterocycles. The predicted molar refractivity (Wildman–Crippen MR) is 59.4 cm³/mol. The first-order chi connectivity index (χ1) is 7.69. The van der Waals surface area contributed by atoms with Gasteiger partial charge in [-0.25, -0.2) is 8.42 Å². The van der Waals surface area contributed by atoms with E-state index in [9.17, 15) is 23.1 Å². The molecular weight excluding hydrogens is 248 g/mol. The molecule has 0 radical (unpaired) electrons. The SMILES string of the molecule is CCS(=O)(=O)[C@@]1(C(=O)O)C[C@@H](C(=O)O)C[C@@H]1C. The zero-order chi connectivity index (χ0) is 13.4. The molecule has 1 aliphatic rings. The lowest BCUT2D eigenvalue weighted by molar-refractivity contribution is -0.142. The molecule has 1 fully saturated rings. The second-order valence-corrected chi connectivity index (χ2v) is 7.01. The van der Waals surface area contributed by atoms with Gasteiger partial charge in [0, 0.05) is 5.75 Å². The average molecular weight is 264 g/mol. The van der Waals surface area contributed by atoms with Gasteiger partial charge in [-0.2, -0.15) is 0 Å². The van der Waals surface area contributed by atoms with Gasteiger partial charge in [0.15, 0.2) is 14.6 Å². The molecule has 0 amide bonds. The number of carbonyl (C=O) groups is 2. The monoisotopic (exact) mass is 264 g/mol. The average Bonchev–Trinajstić information content (AvgIpc) is 2.57. The molecule has 98 valence electrons. The van der Waals surface area contributed by atoms with Crippen molar-refractivity contribution in [2.24, 2.45) is 11.8 Å². The van der Waals surface area contributed by atoms with Crippen LogP contribution in [0.5, 0.6) is 0 Å². The molecule has 2 N–H and O–H groups in total. The van der Waals surface area contributed by atoms with E-state index in [1.54, 1.807) is 0 Å². The maximum Gasteiger partial charge on any atom is 0.325 e. The van der Waals surface area contributed by atoms with Crippen LogP contribution in [-0.2, 0) is 19.4 Å². The van der Waals surface area contributed by atoms with Gasteiger partial charge in [0.05, 0.1) is 5.92 Å². The first kappa shape index (κ1) is 14.0. The Morgan fingerprint density at radius 3 is 2.18 bits per heavy atom. The van der Waals surface area contributed by atoms with Gasteiger partial charge in [-0.15, -0.1) is 0 Å². The molecule has 0 heterocycles. The van der Waals surface area contributed by atoms with Crippen LogP contribution in [0.4, 0.5) is 0 Å². The molecule has 17 heavy (non-hydrogen) atoms. The molecule has 0 spiro atoms. The van der Waals surface area contributed by atoms with E-state index in [-0.39, 0.29) is 18.6 Å². The van der Waals surface area contributed by atoms with Crippen molar-refractivity contribution in [2.75, 3.05) is 5.75 Å². The van der Waals surface area contributed by atoms with E-state index in [2.05, 4.69) is 0 Å².